The van der Waals surface area contributed by atoms with Crippen LogP contribution in [0, 0.1) is 11.8 Å². The average Bonchev–Trinajstić information content (AvgIpc) is 3.03. The zero-order valence-corrected chi connectivity index (χ0v) is 8.72. The summed E-state index contributed by atoms with van der Waals surface area (Å²) in [7, 11) is 0. The monoisotopic (exact) mass is 219 g/mol. The lowest BCUT2D eigenvalue weighted by Gasteiger charge is -2.11. The number of carbonyl (C=O) groups is 2. The van der Waals surface area contributed by atoms with Crippen LogP contribution in [0.5, 0.6) is 0 Å². The van der Waals surface area contributed by atoms with Crippen molar-refractivity contribution < 1.29 is 14.7 Å². The second-order valence-electron chi connectivity index (χ2n) is 4.01. The third-order valence-electron chi connectivity index (χ3n) is 2.68. The zero-order chi connectivity index (χ0) is 11.5. The number of amides is 1. The number of aliphatic carboxylic acids is 1. The molecule has 4 heteroatoms. The molecule has 1 aromatic rings. The van der Waals surface area contributed by atoms with Gasteiger partial charge in [0.2, 0.25) is 5.91 Å². The van der Waals surface area contributed by atoms with Crippen LogP contribution < -0.4 is 5.32 Å². The van der Waals surface area contributed by atoms with Crippen LogP contribution in [0.15, 0.2) is 30.3 Å². The van der Waals surface area contributed by atoms with Crippen molar-refractivity contribution in [2.45, 2.75) is 12.8 Å². The molecular formula is C12H13NO3. The van der Waals surface area contributed by atoms with Gasteiger partial charge in [-0.25, -0.2) is 0 Å². The number of para-hydroxylation sites is 1. The fourth-order valence-electron chi connectivity index (χ4n) is 1.70. The van der Waals surface area contributed by atoms with Crippen LogP contribution in [0.3, 0.4) is 0 Å². The topological polar surface area (TPSA) is 66.4 Å². The van der Waals surface area contributed by atoms with Gasteiger partial charge in [-0.3, -0.25) is 9.59 Å². The van der Waals surface area contributed by atoms with Crippen LogP contribution in [0.2, 0.25) is 0 Å². The van der Waals surface area contributed by atoms with E-state index in [4.69, 9.17) is 5.11 Å². The van der Waals surface area contributed by atoms with E-state index in [0.29, 0.717) is 5.69 Å². The summed E-state index contributed by atoms with van der Waals surface area (Å²) in [5.41, 5.74) is 0.638. The van der Waals surface area contributed by atoms with Gasteiger partial charge in [-0.2, -0.15) is 0 Å². The second-order valence-corrected chi connectivity index (χ2v) is 4.01. The molecule has 16 heavy (non-hydrogen) atoms. The molecule has 84 valence electrons. The third kappa shape index (κ3) is 2.39. The highest BCUT2D eigenvalue weighted by Gasteiger charge is 2.41. The largest absolute Gasteiger partial charge is 0.481 e. The minimum absolute atomic E-state index is 0.0150. The van der Waals surface area contributed by atoms with Crippen LogP contribution in [0.25, 0.3) is 0 Å². The van der Waals surface area contributed by atoms with E-state index in [0.717, 1.165) is 12.8 Å². The predicted molar refractivity (Wildman–Crippen MR) is 58.9 cm³/mol. The van der Waals surface area contributed by atoms with Gasteiger partial charge in [0.15, 0.2) is 0 Å². The molecule has 1 atom stereocenters. The first-order valence-corrected chi connectivity index (χ1v) is 5.27. The standard InChI is InChI=1S/C12H13NO3/c14-11(10(12(15)16)8-6-7-8)13-9-4-2-1-3-5-9/h1-5,8,10H,6-7H2,(H,13,14)(H,15,16). The van der Waals surface area contributed by atoms with Crippen molar-refractivity contribution >= 4 is 17.6 Å². The Morgan fingerprint density at radius 2 is 1.88 bits per heavy atom. The molecule has 0 spiro atoms. The summed E-state index contributed by atoms with van der Waals surface area (Å²) in [5, 5.41) is 11.6. The number of carboxylic acids is 1. The fraction of sp³-hybridized carbons (Fsp3) is 0.333. The van der Waals surface area contributed by atoms with Crippen molar-refractivity contribution in [1.29, 1.82) is 0 Å². The Labute approximate surface area is 93.3 Å². The summed E-state index contributed by atoms with van der Waals surface area (Å²) >= 11 is 0. The van der Waals surface area contributed by atoms with Crippen molar-refractivity contribution in [3.8, 4) is 0 Å². The molecule has 1 aliphatic rings. The van der Waals surface area contributed by atoms with Gasteiger partial charge in [0, 0.05) is 5.69 Å². The van der Waals surface area contributed by atoms with Gasteiger partial charge in [0.05, 0.1) is 0 Å². The first kappa shape index (κ1) is 10.7. The first-order valence-electron chi connectivity index (χ1n) is 5.27. The Balaban J connectivity index is 2.04. The van der Waals surface area contributed by atoms with Crippen LogP contribution in [0.4, 0.5) is 5.69 Å². The summed E-state index contributed by atoms with van der Waals surface area (Å²) in [6, 6.07) is 8.91. The molecule has 1 aromatic carbocycles. The molecule has 0 bridgehead atoms. The third-order valence-corrected chi connectivity index (χ3v) is 2.68. The highest BCUT2D eigenvalue weighted by molar-refractivity contribution is 6.04. The summed E-state index contributed by atoms with van der Waals surface area (Å²) in [4.78, 5) is 22.7. The Morgan fingerprint density at radius 3 is 2.38 bits per heavy atom. The Bertz CT molecular complexity index is 398. The summed E-state index contributed by atoms with van der Waals surface area (Å²) in [6.45, 7) is 0. The van der Waals surface area contributed by atoms with Gasteiger partial charge in [0.25, 0.3) is 0 Å². The summed E-state index contributed by atoms with van der Waals surface area (Å²) in [6.07, 6.45) is 1.67. The van der Waals surface area contributed by atoms with Crippen LogP contribution in [-0.2, 0) is 9.59 Å². The van der Waals surface area contributed by atoms with E-state index in [1.807, 2.05) is 6.07 Å². The number of nitrogens with one attached hydrogen (secondary N) is 1. The van der Waals surface area contributed by atoms with Gasteiger partial charge >= 0.3 is 5.97 Å². The molecule has 2 N–H and O–H groups in total. The number of hydrogen-bond acceptors (Lipinski definition) is 2. The fourth-order valence-corrected chi connectivity index (χ4v) is 1.70. The van der Waals surface area contributed by atoms with E-state index >= 15 is 0 Å². The lowest BCUT2D eigenvalue weighted by Crippen LogP contribution is -2.31. The smallest absolute Gasteiger partial charge is 0.316 e. The van der Waals surface area contributed by atoms with Gasteiger partial charge in [-0.05, 0) is 30.9 Å². The van der Waals surface area contributed by atoms with Gasteiger partial charge in [-0.1, -0.05) is 18.2 Å². The Hall–Kier alpha value is -1.84. The predicted octanol–water partition coefficient (Wildman–Crippen LogP) is 1.74. The van der Waals surface area contributed by atoms with Crippen molar-refractivity contribution in [1.82, 2.24) is 0 Å². The van der Waals surface area contributed by atoms with E-state index in [2.05, 4.69) is 5.32 Å². The maximum Gasteiger partial charge on any atom is 0.316 e. The molecule has 0 saturated heterocycles. The summed E-state index contributed by atoms with van der Waals surface area (Å²) in [5.74, 6) is -2.33. The highest BCUT2D eigenvalue weighted by atomic mass is 16.4. The molecule has 0 radical (unpaired) electrons. The number of benzene rings is 1. The number of carbonyl (C=O) groups excluding carboxylic acids is 1. The number of rotatable bonds is 4. The van der Waals surface area contributed by atoms with Crippen molar-refractivity contribution in [3.63, 3.8) is 0 Å². The number of carboxylic acid groups (broad SMARTS) is 1. The zero-order valence-electron chi connectivity index (χ0n) is 8.72. The Morgan fingerprint density at radius 1 is 1.25 bits per heavy atom. The molecule has 0 aromatic heterocycles. The molecule has 4 nitrogen and oxygen atoms in total. The minimum atomic E-state index is -1.03. The molecular weight excluding hydrogens is 206 g/mol. The van der Waals surface area contributed by atoms with Gasteiger partial charge in [-0.15, -0.1) is 0 Å². The molecule has 1 aliphatic carbocycles. The molecule has 1 amide bonds. The molecule has 0 aliphatic heterocycles. The lowest BCUT2D eigenvalue weighted by atomic mass is 10.0. The SMILES string of the molecule is O=C(O)C(C(=O)Nc1ccccc1)C1CC1. The van der Waals surface area contributed by atoms with Crippen molar-refractivity contribution in [3.05, 3.63) is 30.3 Å². The average molecular weight is 219 g/mol. The van der Waals surface area contributed by atoms with E-state index < -0.39 is 17.8 Å². The van der Waals surface area contributed by atoms with E-state index in [1.54, 1.807) is 24.3 Å². The molecule has 1 saturated carbocycles. The maximum absolute atomic E-state index is 11.7. The number of anilines is 1. The van der Waals surface area contributed by atoms with E-state index in [1.165, 1.54) is 0 Å². The second kappa shape index (κ2) is 4.35. The lowest BCUT2D eigenvalue weighted by molar-refractivity contribution is -0.146. The molecule has 1 fully saturated rings. The van der Waals surface area contributed by atoms with Crippen molar-refractivity contribution in [2.75, 3.05) is 5.32 Å². The van der Waals surface area contributed by atoms with E-state index in [9.17, 15) is 9.59 Å². The van der Waals surface area contributed by atoms with E-state index in [-0.39, 0.29) is 5.92 Å². The van der Waals surface area contributed by atoms with Crippen molar-refractivity contribution in [2.24, 2.45) is 11.8 Å². The first-order chi connectivity index (χ1) is 7.68. The van der Waals surface area contributed by atoms with Crippen LogP contribution in [0.1, 0.15) is 12.8 Å². The maximum atomic E-state index is 11.7. The van der Waals surface area contributed by atoms with Crippen LogP contribution in [-0.4, -0.2) is 17.0 Å². The normalized spacial score (nSPS) is 16.5. The summed E-state index contributed by atoms with van der Waals surface area (Å²) < 4.78 is 0. The molecule has 2 rings (SSSR count). The highest BCUT2D eigenvalue weighted by Crippen LogP contribution is 2.37. The minimum Gasteiger partial charge on any atom is -0.481 e. The quantitative estimate of drug-likeness (QED) is 0.758. The Kier molecular flexibility index (Phi) is 2.90. The molecule has 1 unspecified atom stereocenters. The van der Waals surface area contributed by atoms with Gasteiger partial charge in [0.1, 0.15) is 5.92 Å². The number of hydrogen-bond donors (Lipinski definition) is 2. The van der Waals surface area contributed by atoms with Gasteiger partial charge < -0.3 is 10.4 Å². The van der Waals surface area contributed by atoms with Crippen LogP contribution >= 0.6 is 0 Å². The molecule has 0 heterocycles.